The van der Waals surface area contributed by atoms with Gasteiger partial charge in [0.05, 0.1) is 0 Å². The fourth-order valence-electron chi connectivity index (χ4n) is 5.45. The van der Waals surface area contributed by atoms with E-state index in [1.165, 1.54) is 12.8 Å². The summed E-state index contributed by atoms with van der Waals surface area (Å²) >= 11 is 0. The molecule has 2 bridgehead atoms. The molecule has 28 heavy (non-hydrogen) atoms. The van der Waals surface area contributed by atoms with Crippen molar-refractivity contribution < 1.29 is 4.79 Å². The van der Waals surface area contributed by atoms with Crippen LogP contribution in [0.25, 0.3) is 0 Å². The monoisotopic (exact) mass is 385 g/mol. The van der Waals surface area contributed by atoms with E-state index in [0.29, 0.717) is 17.9 Å². The Balaban J connectivity index is 1.33. The number of likely N-dealkylation sites (N-methyl/N-ethyl adjacent to an activating group) is 1. The molecule has 0 saturated carbocycles. The number of likely N-dealkylation sites (tertiary alicyclic amines) is 2. The van der Waals surface area contributed by atoms with Crippen molar-refractivity contribution >= 4 is 11.7 Å². The summed E-state index contributed by atoms with van der Waals surface area (Å²) in [7, 11) is 2.21. The van der Waals surface area contributed by atoms with E-state index in [1.807, 2.05) is 12.4 Å². The van der Waals surface area contributed by atoms with Gasteiger partial charge in [0.2, 0.25) is 5.95 Å². The lowest BCUT2D eigenvalue weighted by molar-refractivity contribution is -0.126. The second-order valence-corrected chi connectivity index (χ2v) is 9.22. The topological polar surface area (TPSA) is 52.6 Å². The van der Waals surface area contributed by atoms with Crippen LogP contribution in [0.2, 0.25) is 0 Å². The summed E-state index contributed by atoms with van der Waals surface area (Å²) in [6.45, 7) is 9.20. The summed E-state index contributed by atoms with van der Waals surface area (Å²) in [6.07, 6.45) is 9.58. The first-order valence-corrected chi connectivity index (χ1v) is 11.1. The summed E-state index contributed by atoms with van der Waals surface area (Å²) in [6, 6.07) is 1.12. The maximum absolute atomic E-state index is 12.6. The third-order valence-electron chi connectivity index (χ3n) is 6.88. The van der Waals surface area contributed by atoms with E-state index in [9.17, 15) is 4.79 Å². The number of hydrogen-bond donors (Lipinski definition) is 0. The summed E-state index contributed by atoms with van der Waals surface area (Å²) < 4.78 is 0. The van der Waals surface area contributed by atoms with Gasteiger partial charge in [0, 0.05) is 68.1 Å². The smallest absolute Gasteiger partial charge is 0.225 e. The molecule has 0 spiro atoms. The fourth-order valence-corrected chi connectivity index (χ4v) is 5.45. The van der Waals surface area contributed by atoms with Crippen LogP contribution in [0.1, 0.15) is 51.5 Å². The molecule has 3 fully saturated rings. The molecule has 3 aliphatic heterocycles. The van der Waals surface area contributed by atoms with Gasteiger partial charge in [-0.05, 0) is 39.3 Å². The predicted octanol–water partition coefficient (Wildman–Crippen LogP) is 2.59. The van der Waals surface area contributed by atoms with E-state index in [2.05, 4.69) is 35.6 Å². The van der Waals surface area contributed by atoms with Gasteiger partial charge in [0.25, 0.3) is 0 Å². The molecule has 154 valence electrons. The normalized spacial score (nSPS) is 29.4. The van der Waals surface area contributed by atoms with Crippen LogP contribution in [-0.2, 0) is 11.3 Å². The Morgan fingerprint density at radius 3 is 2.46 bits per heavy atom. The Kier molecular flexibility index (Phi) is 5.97. The van der Waals surface area contributed by atoms with Gasteiger partial charge >= 0.3 is 0 Å². The van der Waals surface area contributed by atoms with Crippen molar-refractivity contribution in [2.45, 2.75) is 64.6 Å². The van der Waals surface area contributed by atoms with Crippen molar-refractivity contribution in [2.24, 2.45) is 11.8 Å². The molecule has 1 aromatic heterocycles. The highest BCUT2D eigenvalue weighted by Crippen LogP contribution is 2.32. The molecule has 3 unspecified atom stereocenters. The molecule has 6 nitrogen and oxygen atoms in total. The summed E-state index contributed by atoms with van der Waals surface area (Å²) in [5.41, 5.74) is 1.15. The van der Waals surface area contributed by atoms with Gasteiger partial charge in [0.1, 0.15) is 5.78 Å². The molecule has 0 aliphatic carbocycles. The minimum absolute atomic E-state index is 0.205. The van der Waals surface area contributed by atoms with Crippen LogP contribution in [0.4, 0.5) is 5.95 Å². The van der Waals surface area contributed by atoms with Gasteiger partial charge < -0.3 is 9.80 Å². The van der Waals surface area contributed by atoms with E-state index in [4.69, 9.17) is 9.97 Å². The maximum atomic E-state index is 12.6. The van der Waals surface area contributed by atoms with Gasteiger partial charge in [-0.25, -0.2) is 9.97 Å². The fraction of sp³-hybridized carbons (Fsp3) is 0.773. The van der Waals surface area contributed by atoms with E-state index >= 15 is 0 Å². The zero-order valence-electron chi connectivity index (χ0n) is 17.7. The highest BCUT2D eigenvalue weighted by molar-refractivity contribution is 5.83. The van der Waals surface area contributed by atoms with Crippen LogP contribution < -0.4 is 4.90 Å². The third-order valence-corrected chi connectivity index (χ3v) is 6.88. The number of aromatic nitrogens is 2. The predicted molar refractivity (Wildman–Crippen MR) is 111 cm³/mol. The number of Topliss-reactive ketones (excluding diaryl/α,β-unsaturated/α-hetero) is 1. The second-order valence-electron chi connectivity index (χ2n) is 9.22. The molecular formula is C22H35N5O. The van der Waals surface area contributed by atoms with Gasteiger partial charge in [-0.15, -0.1) is 0 Å². The van der Waals surface area contributed by atoms with E-state index in [0.717, 1.165) is 63.5 Å². The highest BCUT2D eigenvalue weighted by Gasteiger charge is 2.40. The lowest BCUT2D eigenvalue weighted by atomic mass is 9.90. The first-order chi connectivity index (χ1) is 13.5. The molecule has 0 aromatic carbocycles. The summed E-state index contributed by atoms with van der Waals surface area (Å²) in [4.78, 5) is 29.3. The van der Waals surface area contributed by atoms with Crippen molar-refractivity contribution in [3.8, 4) is 0 Å². The number of carbonyl (C=O) groups is 1. The van der Waals surface area contributed by atoms with Crippen molar-refractivity contribution in [2.75, 3.05) is 38.1 Å². The molecular weight excluding hydrogens is 350 g/mol. The zero-order valence-corrected chi connectivity index (χ0v) is 17.7. The molecule has 4 heterocycles. The van der Waals surface area contributed by atoms with Crippen LogP contribution in [0, 0.1) is 11.8 Å². The van der Waals surface area contributed by atoms with Gasteiger partial charge in [-0.1, -0.05) is 20.3 Å². The molecule has 4 rings (SSSR count). The number of fused-ring (bicyclic) bond motifs is 2. The minimum Gasteiger partial charge on any atom is -0.332 e. The van der Waals surface area contributed by atoms with Crippen LogP contribution in [0.3, 0.4) is 0 Å². The number of carbonyl (C=O) groups excluding carboxylic acids is 1. The van der Waals surface area contributed by atoms with Crippen LogP contribution in [0.5, 0.6) is 0 Å². The van der Waals surface area contributed by atoms with Crippen molar-refractivity contribution in [1.82, 2.24) is 19.8 Å². The third kappa shape index (κ3) is 4.08. The SMILES string of the molecule is CCCC(C)C(=O)[C@H]1CCN(Cc2cnc(N3C4CCC3CN(C)C4)nc2)C1. The van der Waals surface area contributed by atoms with E-state index in [-0.39, 0.29) is 11.8 Å². The van der Waals surface area contributed by atoms with Gasteiger partial charge in [0.15, 0.2) is 0 Å². The van der Waals surface area contributed by atoms with E-state index < -0.39 is 0 Å². The lowest BCUT2D eigenvalue weighted by Crippen LogP contribution is -2.53. The number of piperazine rings is 1. The molecule has 3 saturated heterocycles. The number of hydrogen-bond acceptors (Lipinski definition) is 6. The van der Waals surface area contributed by atoms with Crippen LogP contribution in [-0.4, -0.2) is 70.9 Å². The van der Waals surface area contributed by atoms with Crippen molar-refractivity contribution in [1.29, 1.82) is 0 Å². The average molecular weight is 386 g/mol. The Bertz CT molecular complexity index is 664. The molecule has 0 radical (unpaired) electrons. The summed E-state index contributed by atoms with van der Waals surface area (Å²) in [5, 5.41) is 0. The molecule has 4 atom stereocenters. The first-order valence-electron chi connectivity index (χ1n) is 11.1. The molecule has 3 aliphatic rings. The number of nitrogens with zero attached hydrogens (tertiary/aromatic N) is 5. The number of rotatable bonds is 7. The van der Waals surface area contributed by atoms with E-state index in [1.54, 1.807) is 0 Å². The average Bonchev–Trinajstić information content (AvgIpc) is 3.25. The Morgan fingerprint density at radius 2 is 1.82 bits per heavy atom. The highest BCUT2D eigenvalue weighted by atomic mass is 16.1. The van der Waals surface area contributed by atoms with Gasteiger partial charge in [-0.3, -0.25) is 9.69 Å². The Hall–Kier alpha value is -1.53. The Labute approximate surface area is 169 Å². The minimum atomic E-state index is 0.205. The molecule has 6 heteroatoms. The lowest BCUT2D eigenvalue weighted by Gasteiger charge is -2.39. The first kappa shape index (κ1) is 19.8. The largest absolute Gasteiger partial charge is 0.332 e. The van der Waals surface area contributed by atoms with Crippen molar-refractivity contribution in [3.05, 3.63) is 18.0 Å². The molecule has 0 amide bonds. The maximum Gasteiger partial charge on any atom is 0.225 e. The number of ketones is 1. The van der Waals surface area contributed by atoms with Gasteiger partial charge in [-0.2, -0.15) is 0 Å². The van der Waals surface area contributed by atoms with Crippen LogP contribution >= 0.6 is 0 Å². The quantitative estimate of drug-likeness (QED) is 0.719. The Morgan fingerprint density at radius 1 is 1.14 bits per heavy atom. The number of anilines is 1. The summed E-state index contributed by atoms with van der Waals surface area (Å²) in [5.74, 6) is 1.77. The zero-order chi connectivity index (χ0) is 19.7. The molecule has 0 N–H and O–H groups in total. The standard InChI is InChI=1S/C22H35N5O/c1-4-5-16(2)21(28)18-8-9-26(13-18)12-17-10-23-22(24-11-17)27-19-6-7-20(27)15-25(3)14-19/h10-11,16,18-20H,4-9,12-15H2,1-3H3/t16?,18-,19?,20?/m0/s1. The molecule has 1 aromatic rings. The van der Waals surface area contributed by atoms with Crippen molar-refractivity contribution in [3.63, 3.8) is 0 Å². The van der Waals surface area contributed by atoms with Crippen LogP contribution in [0.15, 0.2) is 12.4 Å². The second kappa shape index (κ2) is 8.46.